The third-order valence-electron chi connectivity index (χ3n) is 3.62. The van der Waals surface area contributed by atoms with Crippen LogP contribution in [0.25, 0.3) is 10.9 Å². The van der Waals surface area contributed by atoms with E-state index in [1.54, 1.807) is 0 Å². The Morgan fingerprint density at radius 2 is 1.71 bits per heavy atom. The smallest absolute Gasteiger partial charge is 0.124 e. The summed E-state index contributed by atoms with van der Waals surface area (Å²) in [5.74, 6) is 0.579. The Morgan fingerprint density at radius 3 is 2.48 bits per heavy atom. The van der Waals surface area contributed by atoms with Gasteiger partial charge in [0.15, 0.2) is 0 Å². The van der Waals surface area contributed by atoms with E-state index in [4.69, 9.17) is 5.73 Å². The van der Waals surface area contributed by atoms with Gasteiger partial charge in [-0.05, 0) is 42.3 Å². The van der Waals surface area contributed by atoms with Crippen LogP contribution in [-0.2, 0) is 13.0 Å². The fourth-order valence-corrected chi connectivity index (χ4v) is 2.62. The summed E-state index contributed by atoms with van der Waals surface area (Å²) >= 11 is 0. The fourth-order valence-electron chi connectivity index (χ4n) is 2.62. The molecule has 3 rings (SSSR count). The molecule has 0 fully saturated rings. The summed E-state index contributed by atoms with van der Waals surface area (Å²) in [6.45, 7) is 0.894. The van der Waals surface area contributed by atoms with Gasteiger partial charge in [-0.25, -0.2) is 4.98 Å². The van der Waals surface area contributed by atoms with Crippen molar-refractivity contribution in [1.82, 2.24) is 10.3 Å². The summed E-state index contributed by atoms with van der Waals surface area (Å²) in [7, 11) is 1.96. The molecule has 0 saturated heterocycles. The molecule has 1 aromatic heterocycles. The highest BCUT2D eigenvalue weighted by atomic mass is 14.8. The number of nitrogen functional groups attached to an aromatic ring is 1. The number of aromatic nitrogens is 1. The van der Waals surface area contributed by atoms with E-state index in [1.807, 2.05) is 31.3 Å². The number of nitrogens with one attached hydrogen (secondary N) is 1. The molecule has 3 aromatic rings. The van der Waals surface area contributed by atoms with E-state index in [2.05, 4.69) is 40.6 Å². The molecule has 0 radical (unpaired) electrons. The zero-order valence-corrected chi connectivity index (χ0v) is 12.1. The van der Waals surface area contributed by atoms with Gasteiger partial charge in [-0.15, -0.1) is 0 Å². The van der Waals surface area contributed by atoms with E-state index in [-0.39, 0.29) is 0 Å². The van der Waals surface area contributed by atoms with Gasteiger partial charge in [0.25, 0.3) is 0 Å². The fraction of sp³-hybridized carbons (Fsp3) is 0.167. The zero-order valence-electron chi connectivity index (χ0n) is 12.1. The lowest BCUT2D eigenvalue weighted by atomic mass is 10.00. The first kappa shape index (κ1) is 13.6. The number of para-hydroxylation sites is 1. The average Bonchev–Trinajstić information content (AvgIpc) is 2.49. The van der Waals surface area contributed by atoms with Crippen LogP contribution in [0.2, 0.25) is 0 Å². The summed E-state index contributed by atoms with van der Waals surface area (Å²) < 4.78 is 0. The number of nitrogens with zero attached hydrogens (tertiary/aromatic N) is 1. The molecule has 2 aromatic carbocycles. The Hall–Kier alpha value is -2.39. The van der Waals surface area contributed by atoms with Crippen molar-refractivity contribution < 1.29 is 0 Å². The van der Waals surface area contributed by atoms with Gasteiger partial charge in [-0.2, -0.15) is 0 Å². The Bertz CT molecular complexity index is 748. The van der Waals surface area contributed by atoms with Gasteiger partial charge < -0.3 is 11.1 Å². The summed E-state index contributed by atoms with van der Waals surface area (Å²) in [5, 5.41) is 4.33. The molecular formula is C18H19N3. The van der Waals surface area contributed by atoms with Gasteiger partial charge in [0.2, 0.25) is 0 Å². The maximum absolute atomic E-state index is 5.92. The summed E-state index contributed by atoms with van der Waals surface area (Å²) in [6.07, 6.45) is 0.868. The lowest BCUT2D eigenvalue weighted by Gasteiger charge is -2.08. The first-order valence-corrected chi connectivity index (χ1v) is 7.13. The van der Waals surface area contributed by atoms with Gasteiger partial charge in [0.05, 0.1) is 5.52 Å². The second-order valence-electron chi connectivity index (χ2n) is 5.25. The first-order valence-electron chi connectivity index (χ1n) is 7.13. The molecule has 0 saturated carbocycles. The van der Waals surface area contributed by atoms with Crippen LogP contribution in [0.4, 0.5) is 5.82 Å². The minimum Gasteiger partial charge on any atom is -0.384 e. The van der Waals surface area contributed by atoms with Crippen molar-refractivity contribution in [1.29, 1.82) is 0 Å². The quantitative estimate of drug-likeness (QED) is 0.770. The number of benzene rings is 2. The molecule has 3 N–H and O–H groups in total. The lowest BCUT2D eigenvalue weighted by Crippen LogP contribution is -2.04. The number of anilines is 1. The van der Waals surface area contributed by atoms with E-state index in [0.717, 1.165) is 18.5 Å². The molecule has 3 nitrogen and oxygen atoms in total. The second-order valence-corrected chi connectivity index (χ2v) is 5.25. The van der Waals surface area contributed by atoms with Crippen LogP contribution < -0.4 is 11.1 Å². The van der Waals surface area contributed by atoms with E-state index in [9.17, 15) is 0 Å². The standard InChI is InChI=1S/C18H19N3/c1-20-12-14-8-6-13(7-9-14)10-15-11-18(19)21-17-5-3-2-4-16(15)17/h2-9,11,20H,10,12H2,1H3,(H2,19,21). The minimum absolute atomic E-state index is 0.579. The van der Waals surface area contributed by atoms with E-state index < -0.39 is 0 Å². The Labute approximate surface area is 124 Å². The topological polar surface area (TPSA) is 50.9 Å². The Kier molecular flexibility index (Phi) is 3.84. The van der Waals surface area contributed by atoms with E-state index >= 15 is 0 Å². The molecule has 0 aliphatic rings. The molecular weight excluding hydrogens is 258 g/mol. The number of hydrogen-bond acceptors (Lipinski definition) is 3. The largest absolute Gasteiger partial charge is 0.384 e. The summed E-state index contributed by atoms with van der Waals surface area (Å²) in [6, 6.07) is 18.8. The molecule has 0 bridgehead atoms. The maximum Gasteiger partial charge on any atom is 0.124 e. The number of rotatable bonds is 4. The van der Waals surface area contributed by atoms with Gasteiger partial charge in [0, 0.05) is 11.9 Å². The van der Waals surface area contributed by atoms with Gasteiger partial charge >= 0.3 is 0 Å². The lowest BCUT2D eigenvalue weighted by molar-refractivity contribution is 0.817. The molecule has 0 amide bonds. The van der Waals surface area contributed by atoms with E-state index in [0.29, 0.717) is 5.82 Å². The summed E-state index contributed by atoms with van der Waals surface area (Å²) in [5.41, 5.74) is 10.7. The van der Waals surface area contributed by atoms with Crippen molar-refractivity contribution in [3.8, 4) is 0 Å². The molecule has 0 aliphatic carbocycles. The third kappa shape index (κ3) is 3.03. The molecule has 3 heteroatoms. The predicted molar refractivity (Wildman–Crippen MR) is 88.2 cm³/mol. The van der Waals surface area contributed by atoms with Crippen LogP contribution in [0.5, 0.6) is 0 Å². The van der Waals surface area contributed by atoms with Crippen LogP contribution in [-0.4, -0.2) is 12.0 Å². The third-order valence-corrected chi connectivity index (χ3v) is 3.62. The first-order chi connectivity index (χ1) is 10.3. The maximum atomic E-state index is 5.92. The van der Waals surface area contributed by atoms with Gasteiger partial charge in [-0.3, -0.25) is 0 Å². The average molecular weight is 277 g/mol. The molecule has 1 heterocycles. The van der Waals surface area contributed by atoms with Crippen LogP contribution in [0.1, 0.15) is 16.7 Å². The second kappa shape index (κ2) is 5.94. The highest BCUT2D eigenvalue weighted by Gasteiger charge is 2.05. The number of nitrogens with two attached hydrogens (primary N) is 1. The normalized spacial score (nSPS) is 10.9. The minimum atomic E-state index is 0.579. The van der Waals surface area contributed by atoms with Crippen LogP contribution in [0, 0.1) is 0 Å². The molecule has 106 valence electrons. The number of hydrogen-bond donors (Lipinski definition) is 2. The van der Waals surface area contributed by atoms with E-state index in [1.165, 1.54) is 22.1 Å². The summed E-state index contributed by atoms with van der Waals surface area (Å²) in [4.78, 5) is 4.39. The highest BCUT2D eigenvalue weighted by Crippen LogP contribution is 2.22. The highest BCUT2D eigenvalue weighted by molar-refractivity contribution is 5.84. The molecule has 0 atom stereocenters. The molecule has 0 spiro atoms. The van der Waals surface area contributed by atoms with Crippen molar-refractivity contribution in [2.24, 2.45) is 0 Å². The monoisotopic (exact) mass is 277 g/mol. The van der Waals surface area contributed by atoms with Crippen molar-refractivity contribution in [2.45, 2.75) is 13.0 Å². The Morgan fingerprint density at radius 1 is 1.00 bits per heavy atom. The van der Waals surface area contributed by atoms with Crippen molar-refractivity contribution in [3.05, 3.63) is 71.3 Å². The zero-order chi connectivity index (χ0) is 14.7. The van der Waals surface area contributed by atoms with Crippen molar-refractivity contribution >= 4 is 16.7 Å². The van der Waals surface area contributed by atoms with Crippen LogP contribution in [0.15, 0.2) is 54.6 Å². The number of pyridine rings is 1. The SMILES string of the molecule is CNCc1ccc(Cc2cc(N)nc3ccccc23)cc1. The van der Waals surface area contributed by atoms with Crippen LogP contribution >= 0.6 is 0 Å². The van der Waals surface area contributed by atoms with Gasteiger partial charge in [0.1, 0.15) is 5.82 Å². The van der Waals surface area contributed by atoms with Crippen LogP contribution in [0.3, 0.4) is 0 Å². The Balaban J connectivity index is 1.94. The number of fused-ring (bicyclic) bond motifs is 1. The molecule has 21 heavy (non-hydrogen) atoms. The molecule has 0 aliphatic heterocycles. The molecule has 0 unspecified atom stereocenters. The van der Waals surface area contributed by atoms with Crippen molar-refractivity contribution in [3.63, 3.8) is 0 Å². The van der Waals surface area contributed by atoms with Gasteiger partial charge in [-0.1, -0.05) is 42.5 Å². The predicted octanol–water partition coefficient (Wildman–Crippen LogP) is 3.13. The van der Waals surface area contributed by atoms with Crippen molar-refractivity contribution in [2.75, 3.05) is 12.8 Å².